The summed E-state index contributed by atoms with van der Waals surface area (Å²) in [7, 11) is 1.89. The van der Waals surface area contributed by atoms with Gasteiger partial charge < -0.3 is 5.32 Å². The molecule has 0 aliphatic rings. The van der Waals surface area contributed by atoms with Crippen LogP contribution in [0.3, 0.4) is 0 Å². The summed E-state index contributed by atoms with van der Waals surface area (Å²) in [5.74, 6) is 0.586. The quantitative estimate of drug-likeness (QED) is 0.866. The number of rotatable bonds is 3. The Kier molecular flexibility index (Phi) is 3.25. The van der Waals surface area contributed by atoms with Crippen LogP contribution in [0.4, 0.5) is 5.13 Å². The van der Waals surface area contributed by atoms with E-state index in [2.05, 4.69) is 48.4 Å². The SMILES string of the molecule is CNc1ncc(-c2ccc(C(C)C)cc2)s1. The maximum atomic E-state index is 4.28. The van der Waals surface area contributed by atoms with E-state index in [0.717, 1.165) is 5.13 Å². The molecule has 16 heavy (non-hydrogen) atoms. The van der Waals surface area contributed by atoms with Crippen LogP contribution in [0.25, 0.3) is 10.4 Å². The molecule has 0 aliphatic carbocycles. The predicted molar refractivity (Wildman–Crippen MR) is 71.2 cm³/mol. The molecule has 0 atom stereocenters. The minimum Gasteiger partial charge on any atom is -0.365 e. The molecule has 0 saturated heterocycles. The molecule has 0 fully saturated rings. The normalized spacial score (nSPS) is 10.8. The van der Waals surface area contributed by atoms with Crippen molar-refractivity contribution in [3.8, 4) is 10.4 Å². The van der Waals surface area contributed by atoms with Gasteiger partial charge in [-0.25, -0.2) is 4.98 Å². The van der Waals surface area contributed by atoms with E-state index in [1.54, 1.807) is 11.3 Å². The lowest BCUT2D eigenvalue weighted by molar-refractivity contribution is 0.867. The highest BCUT2D eigenvalue weighted by Crippen LogP contribution is 2.29. The molecule has 84 valence electrons. The summed E-state index contributed by atoms with van der Waals surface area (Å²) < 4.78 is 0. The van der Waals surface area contributed by atoms with Crippen LogP contribution in [-0.2, 0) is 0 Å². The fourth-order valence-electron chi connectivity index (χ4n) is 1.56. The van der Waals surface area contributed by atoms with Crippen molar-refractivity contribution in [2.75, 3.05) is 12.4 Å². The first kappa shape index (κ1) is 11.1. The molecule has 3 heteroatoms. The highest BCUT2D eigenvalue weighted by atomic mass is 32.1. The first-order chi connectivity index (χ1) is 7.70. The van der Waals surface area contributed by atoms with Crippen LogP contribution in [-0.4, -0.2) is 12.0 Å². The smallest absolute Gasteiger partial charge is 0.182 e. The number of aromatic nitrogens is 1. The third-order valence-electron chi connectivity index (χ3n) is 2.58. The van der Waals surface area contributed by atoms with Crippen LogP contribution in [0, 0.1) is 0 Å². The van der Waals surface area contributed by atoms with Crippen molar-refractivity contribution < 1.29 is 0 Å². The summed E-state index contributed by atoms with van der Waals surface area (Å²) in [6.07, 6.45) is 1.92. The highest BCUT2D eigenvalue weighted by Gasteiger charge is 2.04. The Morgan fingerprint density at radius 3 is 2.38 bits per heavy atom. The second-order valence-corrected chi connectivity index (χ2v) is 5.09. The minimum absolute atomic E-state index is 0.586. The standard InChI is InChI=1S/C13H16N2S/c1-9(2)10-4-6-11(7-5-10)12-8-15-13(14-3)16-12/h4-9H,1-3H3,(H,14,15). The van der Waals surface area contributed by atoms with Gasteiger partial charge in [0.15, 0.2) is 5.13 Å². The Morgan fingerprint density at radius 2 is 1.88 bits per heavy atom. The van der Waals surface area contributed by atoms with Crippen molar-refractivity contribution in [3.05, 3.63) is 36.0 Å². The molecule has 0 radical (unpaired) electrons. The molecule has 0 unspecified atom stereocenters. The van der Waals surface area contributed by atoms with E-state index >= 15 is 0 Å². The summed E-state index contributed by atoms with van der Waals surface area (Å²) in [5, 5.41) is 4.02. The monoisotopic (exact) mass is 232 g/mol. The minimum atomic E-state index is 0.586. The number of nitrogens with one attached hydrogen (secondary N) is 1. The Balaban J connectivity index is 2.27. The Hall–Kier alpha value is -1.35. The van der Waals surface area contributed by atoms with Crippen molar-refractivity contribution in [1.82, 2.24) is 4.98 Å². The average Bonchev–Trinajstić information content (AvgIpc) is 2.77. The topological polar surface area (TPSA) is 24.9 Å². The Labute approximate surface area is 100 Å². The van der Waals surface area contributed by atoms with Crippen molar-refractivity contribution in [2.45, 2.75) is 19.8 Å². The Bertz CT molecular complexity index is 457. The molecule has 2 rings (SSSR count). The van der Waals surface area contributed by atoms with Gasteiger partial charge in [0.25, 0.3) is 0 Å². The fraction of sp³-hybridized carbons (Fsp3) is 0.308. The van der Waals surface area contributed by atoms with Gasteiger partial charge in [0, 0.05) is 13.2 Å². The molecule has 1 aromatic carbocycles. The van der Waals surface area contributed by atoms with Crippen molar-refractivity contribution in [3.63, 3.8) is 0 Å². The van der Waals surface area contributed by atoms with Crippen molar-refractivity contribution in [2.24, 2.45) is 0 Å². The zero-order chi connectivity index (χ0) is 11.5. The molecular formula is C13H16N2S. The van der Waals surface area contributed by atoms with E-state index in [1.807, 2.05) is 13.2 Å². The summed E-state index contributed by atoms with van der Waals surface area (Å²) in [6.45, 7) is 4.42. The number of benzene rings is 1. The Morgan fingerprint density at radius 1 is 1.19 bits per heavy atom. The van der Waals surface area contributed by atoms with E-state index < -0.39 is 0 Å². The average molecular weight is 232 g/mol. The first-order valence-electron chi connectivity index (χ1n) is 5.44. The number of anilines is 1. The molecular weight excluding hydrogens is 216 g/mol. The molecule has 2 aromatic rings. The van der Waals surface area contributed by atoms with Gasteiger partial charge in [-0.2, -0.15) is 0 Å². The molecule has 0 saturated carbocycles. The molecule has 1 N–H and O–H groups in total. The molecule has 0 spiro atoms. The van der Waals surface area contributed by atoms with Crippen LogP contribution in [0.5, 0.6) is 0 Å². The molecule has 1 aromatic heterocycles. The second kappa shape index (κ2) is 4.66. The lowest BCUT2D eigenvalue weighted by atomic mass is 10.0. The van der Waals surface area contributed by atoms with E-state index in [0.29, 0.717) is 5.92 Å². The highest BCUT2D eigenvalue weighted by molar-refractivity contribution is 7.18. The lowest BCUT2D eigenvalue weighted by Crippen LogP contribution is -1.85. The van der Waals surface area contributed by atoms with Gasteiger partial charge in [0.1, 0.15) is 0 Å². The third kappa shape index (κ3) is 2.25. The van der Waals surface area contributed by atoms with E-state index in [1.165, 1.54) is 16.0 Å². The molecule has 0 aliphatic heterocycles. The van der Waals surface area contributed by atoms with Crippen LogP contribution in [0.2, 0.25) is 0 Å². The van der Waals surface area contributed by atoms with Crippen molar-refractivity contribution >= 4 is 16.5 Å². The molecule has 1 heterocycles. The van der Waals surface area contributed by atoms with Crippen LogP contribution >= 0.6 is 11.3 Å². The zero-order valence-electron chi connectivity index (χ0n) is 9.82. The number of nitrogens with zero attached hydrogens (tertiary/aromatic N) is 1. The van der Waals surface area contributed by atoms with Crippen LogP contribution in [0.15, 0.2) is 30.5 Å². The van der Waals surface area contributed by atoms with Gasteiger partial charge in [-0.3, -0.25) is 0 Å². The zero-order valence-corrected chi connectivity index (χ0v) is 10.6. The van der Waals surface area contributed by atoms with Gasteiger partial charge in [0.2, 0.25) is 0 Å². The lowest BCUT2D eigenvalue weighted by Gasteiger charge is -2.05. The van der Waals surface area contributed by atoms with Gasteiger partial charge in [-0.15, -0.1) is 0 Å². The molecule has 0 bridgehead atoms. The van der Waals surface area contributed by atoms with E-state index in [-0.39, 0.29) is 0 Å². The summed E-state index contributed by atoms with van der Waals surface area (Å²) in [4.78, 5) is 5.48. The van der Waals surface area contributed by atoms with Gasteiger partial charge in [-0.1, -0.05) is 49.4 Å². The van der Waals surface area contributed by atoms with Gasteiger partial charge >= 0.3 is 0 Å². The van der Waals surface area contributed by atoms with E-state index in [9.17, 15) is 0 Å². The second-order valence-electron chi connectivity index (χ2n) is 4.06. The summed E-state index contributed by atoms with van der Waals surface area (Å²) >= 11 is 1.68. The predicted octanol–water partition coefficient (Wildman–Crippen LogP) is 3.98. The van der Waals surface area contributed by atoms with Gasteiger partial charge in [0.05, 0.1) is 4.88 Å². The maximum Gasteiger partial charge on any atom is 0.182 e. The van der Waals surface area contributed by atoms with Crippen LogP contribution < -0.4 is 5.32 Å². The van der Waals surface area contributed by atoms with Crippen LogP contribution in [0.1, 0.15) is 25.3 Å². The first-order valence-corrected chi connectivity index (χ1v) is 6.26. The fourth-order valence-corrected chi connectivity index (χ4v) is 2.33. The number of hydrogen-bond acceptors (Lipinski definition) is 3. The number of hydrogen-bond donors (Lipinski definition) is 1. The molecule has 2 nitrogen and oxygen atoms in total. The largest absolute Gasteiger partial charge is 0.365 e. The summed E-state index contributed by atoms with van der Waals surface area (Å²) in [5.41, 5.74) is 2.62. The van der Waals surface area contributed by atoms with Gasteiger partial charge in [-0.05, 0) is 17.0 Å². The van der Waals surface area contributed by atoms with Crippen molar-refractivity contribution in [1.29, 1.82) is 0 Å². The molecule has 0 amide bonds. The maximum absolute atomic E-state index is 4.28. The summed E-state index contributed by atoms with van der Waals surface area (Å²) in [6, 6.07) is 8.72. The van der Waals surface area contributed by atoms with E-state index in [4.69, 9.17) is 0 Å². The third-order valence-corrected chi connectivity index (χ3v) is 3.65. The number of thiazole rings is 1.